The summed E-state index contributed by atoms with van der Waals surface area (Å²) in [5, 5.41) is 3.27. The van der Waals surface area contributed by atoms with Gasteiger partial charge in [-0.05, 0) is 37.7 Å². The van der Waals surface area contributed by atoms with Gasteiger partial charge < -0.3 is 10.1 Å². The molecule has 0 saturated carbocycles. The second-order valence-corrected chi connectivity index (χ2v) is 4.03. The first-order valence-electron chi connectivity index (χ1n) is 5.85. The molecule has 1 aromatic heterocycles. The molecule has 0 spiro atoms. The molecule has 4 nitrogen and oxygen atoms in total. The van der Waals surface area contributed by atoms with Crippen LogP contribution in [0.1, 0.15) is 23.1 Å². The first-order chi connectivity index (χ1) is 8.74. The lowest BCUT2D eigenvalue weighted by Crippen LogP contribution is -2.19. The second kappa shape index (κ2) is 5.60. The number of ether oxygens (including phenoxy) is 1. The van der Waals surface area contributed by atoms with E-state index in [2.05, 4.69) is 21.4 Å². The number of aryl methyl sites for hydroxylation is 1. The van der Waals surface area contributed by atoms with E-state index >= 15 is 0 Å². The normalized spacial score (nSPS) is 12.2. The summed E-state index contributed by atoms with van der Waals surface area (Å²) in [7, 11) is 3.59. The number of rotatable bonds is 4. The Labute approximate surface area is 107 Å². The smallest absolute Gasteiger partial charge is 0.125 e. The molecule has 2 rings (SSSR count). The van der Waals surface area contributed by atoms with Crippen LogP contribution in [-0.4, -0.2) is 24.1 Å². The van der Waals surface area contributed by atoms with Crippen molar-refractivity contribution in [2.24, 2.45) is 0 Å². The summed E-state index contributed by atoms with van der Waals surface area (Å²) in [6, 6.07) is 9.95. The molecule has 1 aromatic carbocycles. The molecule has 2 aromatic rings. The lowest BCUT2D eigenvalue weighted by Gasteiger charge is -2.17. The molecule has 4 heteroatoms. The van der Waals surface area contributed by atoms with Crippen molar-refractivity contribution in [3.8, 4) is 5.75 Å². The molecule has 1 unspecified atom stereocenters. The number of nitrogens with one attached hydrogen (secondary N) is 1. The van der Waals surface area contributed by atoms with Crippen LogP contribution in [0.4, 0.5) is 0 Å². The first kappa shape index (κ1) is 12.5. The van der Waals surface area contributed by atoms with E-state index < -0.39 is 0 Å². The van der Waals surface area contributed by atoms with Gasteiger partial charge in [0.15, 0.2) is 0 Å². The average Bonchev–Trinajstić information content (AvgIpc) is 2.40. The second-order valence-electron chi connectivity index (χ2n) is 4.03. The lowest BCUT2D eigenvalue weighted by molar-refractivity contribution is 0.413. The molecule has 0 fully saturated rings. The predicted octanol–water partition coefficient (Wildman–Crippen LogP) is 2.10. The van der Waals surface area contributed by atoms with Gasteiger partial charge in [0.1, 0.15) is 11.6 Å². The number of aromatic nitrogens is 2. The van der Waals surface area contributed by atoms with Crippen LogP contribution < -0.4 is 10.1 Å². The molecule has 1 N–H and O–H groups in total. The molecule has 18 heavy (non-hydrogen) atoms. The van der Waals surface area contributed by atoms with Gasteiger partial charge in [-0.3, -0.25) is 0 Å². The van der Waals surface area contributed by atoms with E-state index in [1.54, 1.807) is 13.3 Å². The fourth-order valence-electron chi connectivity index (χ4n) is 1.94. The Kier molecular flexibility index (Phi) is 3.89. The summed E-state index contributed by atoms with van der Waals surface area (Å²) >= 11 is 0. The van der Waals surface area contributed by atoms with Gasteiger partial charge in [-0.2, -0.15) is 0 Å². The summed E-state index contributed by atoms with van der Waals surface area (Å²) in [5.41, 5.74) is 2.08. The third-order valence-corrected chi connectivity index (χ3v) is 2.81. The summed E-state index contributed by atoms with van der Waals surface area (Å²) in [4.78, 5) is 8.58. The maximum Gasteiger partial charge on any atom is 0.125 e. The standard InChI is InChI=1S/C14H17N3O/c1-10-16-8-7-13(17-10)14(15-2)11-5-4-6-12(9-11)18-3/h4-9,14-15H,1-3H3. The lowest BCUT2D eigenvalue weighted by atomic mass is 10.0. The molecule has 94 valence electrons. The Morgan fingerprint density at radius 2 is 2.11 bits per heavy atom. The highest BCUT2D eigenvalue weighted by Gasteiger charge is 2.14. The van der Waals surface area contributed by atoms with E-state index in [0.29, 0.717) is 0 Å². The van der Waals surface area contributed by atoms with Gasteiger partial charge in [-0.25, -0.2) is 9.97 Å². The van der Waals surface area contributed by atoms with Crippen molar-refractivity contribution >= 4 is 0 Å². The number of hydrogen-bond donors (Lipinski definition) is 1. The highest BCUT2D eigenvalue weighted by Crippen LogP contribution is 2.23. The van der Waals surface area contributed by atoms with Crippen molar-refractivity contribution in [3.63, 3.8) is 0 Å². The van der Waals surface area contributed by atoms with E-state index in [0.717, 1.165) is 22.8 Å². The molecule has 0 bridgehead atoms. The van der Waals surface area contributed by atoms with Crippen molar-refractivity contribution in [2.45, 2.75) is 13.0 Å². The van der Waals surface area contributed by atoms with Gasteiger partial charge in [0.05, 0.1) is 18.8 Å². The van der Waals surface area contributed by atoms with E-state index in [-0.39, 0.29) is 6.04 Å². The molecule has 0 saturated heterocycles. The SMILES string of the molecule is CNC(c1cccc(OC)c1)c1ccnc(C)n1. The van der Waals surface area contributed by atoms with Gasteiger partial charge in [-0.15, -0.1) is 0 Å². The van der Waals surface area contributed by atoms with Crippen LogP contribution >= 0.6 is 0 Å². The van der Waals surface area contributed by atoms with Gasteiger partial charge >= 0.3 is 0 Å². The minimum Gasteiger partial charge on any atom is -0.497 e. The molecule has 1 atom stereocenters. The molecular weight excluding hydrogens is 226 g/mol. The molecule has 0 aliphatic carbocycles. The zero-order chi connectivity index (χ0) is 13.0. The average molecular weight is 243 g/mol. The maximum atomic E-state index is 5.25. The van der Waals surface area contributed by atoms with Crippen LogP contribution in [0.25, 0.3) is 0 Å². The van der Waals surface area contributed by atoms with Crippen molar-refractivity contribution < 1.29 is 4.74 Å². The van der Waals surface area contributed by atoms with Crippen molar-refractivity contribution in [2.75, 3.05) is 14.2 Å². The van der Waals surface area contributed by atoms with Crippen LogP contribution in [0.5, 0.6) is 5.75 Å². The van der Waals surface area contributed by atoms with E-state index in [9.17, 15) is 0 Å². The Morgan fingerprint density at radius 3 is 2.78 bits per heavy atom. The molecule has 0 aliphatic heterocycles. The zero-order valence-electron chi connectivity index (χ0n) is 10.8. The van der Waals surface area contributed by atoms with Gasteiger partial charge in [0, 0.05) is 6.20 Å². The molecule has 0 radical (unpaired) electrons. The number of benzene rings is 1. The largest absolute Gasteiger partial charge is 0.497 e. The fourth-order valence-corrected chi connectivity index (χ4v) is 1.94. The molecule has 0 aliphatic rings. The van der Waals surface area contributed by atoms with Crippen molar-refractivity contribution in [1.82, 2.24) is 15.3 Å². The third-order valence-electron chi connectivity index (χ3n) is 2.81. The van der Waals surface area contributed by atoms with Gasteiger partial charge in [0.2, 0.25) is 0 Å². The summed E-state index contributed by atoms with van der Waals surface area (Å²) in [6.45, 7) is 1.89. The summed E-state index contributed by atoms with van der Waals surface area (Å²) < 4.78 is 5.25. The Balaban J connectivity index is 2.38. The predicted molar refractivity (Wildman–Crippen MR) is 70.7 cm³/mol. The number of methoxy groups -OCH3 is 1. The fraction of sp³-hybridized carbons (Fsp3) is 0.286. The van der Waals surface area contributed by atoms with Gasteiger partial charge in [-0.1, -0.05) is 12.1 Å². The minimum atomic E-state index is 0.0433. The quantitative estimate of drug-likeness (QED) is 0.893. The number of nitrogens with zero attached hydrogens (tertiary/aromatic N) is 2. The minimum absolute atomic E-state index is 0.0433. The van der Waals surface area contributed by atoms with E-state index in [4.69, 9.17) is 4.74 Å². The monoisotopic (exact) mass is 243 g/mol. The van der Waals surface area contributed by atoms with Crippen LogP contribution in [0, 0.1) is 6.92 Å². The summed E-state index contributed by atoms with van der Waals surface area (Å²) in [5.74, 6) is 1.62. The molecule has 0 amide bonds. The Hall–Kier alpha value is -1.94. The Bertz CT molecular complexity index is 528. The van der Waals surface area contributed by atoms with E-state index in [1.165, 1.54) is 0 Å². The van der Waals surface area contributed by atoms with Crippen molar-refractivity contribution in [3.05, 3.63) is 53.6 Å². The van der Waals surface area contributed by atoms with Crippen LogP contribution in [0.2, 0.25) is 0 Å². The topological polar surface area (TPSA) is 47.0 Å². The number of hydrogen-bond acceptors (Lipinski definition) is 4. The molecular formula is C14H17N3O. The van der Waals surface area contributed by atoms with E-state index in [1.807, 2.05) is 38.2 Å². The van der Waals surface area contributed by atoms with Crippen LogP contribution in [0.3, 0.4) is 0 Å². The molecule has 1 heterocycles. The highest BCUT2D eigenvalue weighted by atomic mass is 16.5. The maximum absolute atomic E-state index is 5.25. The van der Waals surface area contributed by atoms with Crippen LogP contribution in [0.15, 0.2) is 36.5 Å². The zero-order valence-corrected chi connectivity index (χ0v) is 10.8. The summed E-state index contributed by atoms with van der Waals surface area (Å²) in [6.07, 6.45) is 1.78. The van der Waals surface area contributed by atoms with Crippen LogP contribution in [-0.2, 0) is 0 Å². The Morgan fingerprint density at radius 1 is 1.28 bits per heavy atom. The third kappa shape index (κ3) is 2.65. The van der Waals surface area contributed by atoms with Crippen molar-refractivity contribution in [1.29, 1.82) is 0 Å². The highest BCUT2D eigenvalue weighted by molar-refractivity contribution is 5.34. The van der Waals surface area contributed by atoms with Gasteiger partial charge in [0.25, 0.3) is 0 Å². The first-order valence-corrected chi connectivity index (χ1v) is 5.85.